The number of likely N-dealkylation sites (N-methyl/N-ethyl adjacent to an activating group) is 1. The number of halogens is 1. The Balaban J connectivity index is 1.32. The Morgan fingerprint density at radius 2 is 1.91 bits per heavy atom. The van der Waals surface area contributed by atoms with Gasteiger partial charge in [0.1, 0.15) is 5.82 Å². The topological polar surface area (TPSA) is 72.5 Å². The van der Waals surface area contributed by atoms with Crippen LogP contribution in [0.2, 0.25) is 5.02 Å². The molecule has 2 aliphatic rings. The van der Waals surface area contributed by atoms with Crippen LogP contribution in [0.4, 0.5) is 22.9 Å². The number of amides is 1. The summed E-state index contributed by atoms with van der Waals surface area (Å²) in [6.07, 6.45) is 6.70. The number of hydrogen-bond donors (Lipinski definition) is 3. The lowest BCUT2D eigenvalue weighted by atomic mass is 9.85. The van der Waals surface area contributed by atoms with E-state index in [4.69, 9.17) is 11.6 Å². The highest BCUT2D eigenvalue weighted by Gasteiger charge is 2.24. The van der Waals surface area contributed by atoms with Crippen molar-refractivity contribution >= 4 is 40.4 Å². The second-order valence-electron chi connectivity index (χ2n) is 9.36. The number of benzene rings is 1. The Morgan fingerprint density at radius 1 is 1.12 bits per heavy atom. The first-order valence-electron chi connectivity index (χ1n) is 12.5. The van der Waals surface area contributed by atoms with Crippen molar-refractivity contribution in [1.29, 1.82) is 0 Å². The summed E-state index contributed by atoms with van der Waals surface area (Å²) in [5.41, 5.74) is 4.47. The van der Waals surface area contributed by atoms with Gasteiger partial charge in [0.25, 0.3) is 0 Å². The summed E-state index contributed by atoms with van der Waals surface area (Å²) in [6.45, 7) is 7.90. The number of anilines is 4. The molecule has 34 heavy (non-hydrogen) atoms. The quantitative estimate of drug-likeness (QED) is 0.431. The van der Waals surface area contributed by atoms with Gasteiger partial charge >= 0.3 is 0 Å². The Kier molecular flexibility index (Phi) is 8.51. The van der Waals surface area contributed by atoms with Crippen LogP contribution < -0.4 is 20.9 Å². The van der Waals surface area contributed by atoms with Gasteiger partial charge in [-0.2, -0.15) is 0 Å². The van der Waals surface area contributed by atoms with Crippen molar-refractivity contribution in [1.82, 2.24) is 15.2 Å². The molecule has 1 aliphatic heterocycles. The monoisotopic (exact) mass is 484 g/mol. The summed E-state index contributed by atoms with van der Waals surface area (Å²) in [5.74, 6) is 1.19. The van der Waals surface area contributed by atoms with Gasteiger partial charge in [-0.05, 0) is 56.5 Å². The Labute approximate surface area is 208 Å². The predicted molar refractivity (Wildman–Crippen MR) is 142 cm³/mol. The zero-order chi connectivity index (χ0) is 23.9. The van der Waals surface area contributed by atoms with E-state index >= 15 is 0 Å². The van der Waals surface area contributed by atoms with Crippen LogP contribution in [-0.4, -0.2) is 62.1 Å². The van der Waals surface area contributed by atoms with E-state index in [1.807, 2.05) is 6.07 Å². The molecule has 7 nitrogen and oxygen atoms in total. The van der Waals surface area contributed by atoms with Crippen LogP contribution in [0, 0.1) is 5.92 Å². The van der Waals surface area contributed by atoms with Gasteiger partial charge in [-0.3, -0.25) is 4.79 Å². The zero-order valence-electron chi connectivity index (χ0n) is 20.4. The third-order valence-corrected chi connectivity index (χ3v) is 7.20. The molecule has 1 saturated heterocycles. The van der Waals surface area contributed by atoms with Crippen molar-refractivity contribution in [3.8, 4) is 0 Å². The van der Waals surface area contributed by atoms with Gasteiger partial charge in [-0.25, -0.2) is 4.98 Å². The smallest absolute Gasteiger partial charge is 0.223 e. The van der Waals surface area contributed by atoms with Gasteiger partial charge in [0, 0.05) is 62.6 Å². The first kappa shape index (κ1) is 24.6. The molecule has 0 spiro atoms. The molecule has 1 aromatic heterocycles. The first-order chi connectivity index (χ1) is 16.5. The number of piperazine rings is 1. The normalized spacial score (nSPS) is 16.7. The minimum atomic E-state index is 0.199. The minimum absolute atomic E-state index is 0.199. The summed E-state index contributed by atoms with van der Waals surface area (Å²) in [4.78, 5) is 21.2. The van der Waals surface area contributed by atoms with Crippen LogP contribution in [0.5, 0.6) is 0 Å². The number of carbonyl (C=O) groups is 1. The van der Waals surface area contributed by atoms with Crippen LogP contribution in [0.1, 0.15) is 38.2 Å². The number of rotatable bonds is 10. The lowest BCUT2D eigenvalue weighted by molar-refractivity contribution is -0.127. The van der Waals surface area contributed by atoms with Crippen molar-refractivity contribution in [2.75, 3.05) is 61.8 Å². The van der Waals surface area contributed by atoms with Crippen LogP contribution in [0.3, 0.4) is 0 Å². The molecule has 3 N–H and O–H groups in total. The van der Waals surface area contributed by atoms with Crippen molar-refractivity contribution < 1.29 is 4.79 Å². The highest BCUT2D eigenvalue weighted by molar-refractivity contribution is 6.33. The molecule has 1 aliphatic carbocycles. The molecule has 184 valence electrons. The maximum absolute atomic E-state index is 11.9. The summed E-state index contributed by atoms with van der Waals surface area (Å²) >= 11 is 6.37. The number of aryl methyl sites for hydroxylation is 1. The third-order valence-electron chi connectivity index (χ3n) is 6.90. The number of hydrogen-bond acceptors (Lipinski definition) is 6. The average Bonchev–Trinajstić information content (AvgIpc) is 2.80. The largest absolute Gasteiger partial charge is 0.384 e. The molecule has 0 bridgehead atoms. The van der Waals surface area contributed by atoms with Crippen molar-refractivity contribution in [3.05, 3.63) is 41.0 Å². The molecule has 8 heteroatoms. The van der Waals surface area contributed by atoms with Crippen molar-refractivity contribution in [2.45, 2.75) is 39.0 Å². The van der Waals surface area contributed by atoms with Crippen LogP contribution in [0.15, 0.2) is 30.5 Å². The summed E-state index contributed by atoms with van der Waals surface area (Å²) in [7, 11) is 2.18. The first-order valence-corrected chi connectivity index (χ1v) is 12.9. The average molecular weight is 485 g/mol. The highest BCUT2D eigenvalue weighted by Crippen LogP contribution is 2.29. The number of aromatic nitrogens is 1. The van der Waals surface area contributed by atoms with E-state index in [1.54, 1.807) is 6.20 Å². The van der Waals surface area contributed by atoms with E-state index in [0.717, 1.165) is 75.6 Å². The van der Waals surface area contributed by atoms with Gasteiger partial charge in [0.2, 0.25) is 5.91 Å². The van der Waals surface area contributed by atoms with E-state index in [2.05, 4.69) is 62.9 Å². The fourth-order valence-corrected chi connectivity index (χ4v) is 4.54. The fourth-order valence-electron chi connectivity index (χ4n) is 4.37. The summed E-state index contributed by atoms with van der Waals surface area (Å²) < 4.78 is 0. The fraction of sp³-hybridized carbons (Fsp3) is 0.538. The maximum atomic E-state index is 11.9. The molecule has 4 rings (SSSR count). The van der Waals surface area contributed by atoms with Gasteiger partial charge < -0.3 is 25.8 Å². The standard InChI is InChI=1S/C26H37ClN6O/c1-3-19-16-21(33-14-12-32(2)13-15-33)8-9-23(19)31-25-17-24(22(27)18-30-25)28-10-5-11-29-26(34)20-6-4-7-20/h8-9,16-18,20H,3-7,10-15H2,1-2H3,(H,29,34)(H2,28,30,31). The molecule has 1 saturated carbocycles. The lowest BCUT2D eigenvalue weighted by Crippen LogP contribution is -2.44. The third kappa shape index (κ3) is 6.33. The van der Waals surface area contributed by atoms with Gasteiger partial charge in [-0.15, -0.1) is 0 Å². The SMILES string of the molecule is CCc1cc(N2CCN(C)CC2)ccc1Nc1cc(NCCCNC(=O)C2CCC2)c(Cl)cn1. The van der Waals surface area contributed by atoms with Gasteiger partial charge in [0.05, 0.1) is 16.9 Å². The van der Waals surface area contributed by atoms with Crippen molar-refractivity contribution in [2.24, 2.45) is 5.92 Å². The van der Waals surface area contributed by atoms with E-state index in [0.29, 0.717) is 11.6 Å². The molecule has 0 atom stereocenters. The molecule has 0 unspecified atom stereocenters. The molecule has 1 aromatic carbocycles. The Bertz CT molecular complexity index is 972. The Hall–Kier alpha value is -2.51. The number of carbonyl (C=O) groups excluding carboxylic acids is 1. The Morgan fingerprint density at radius 3 is 2.62 bits per heavy atom. The molecule has 1 amide bonds. The second-order valence-corrected chi connectivity index (χ2v) is 9.77. The molecular formula is C26H37ClN6O. The second kappa shape index (κ2) is 11.8. The number of nitrogens with zero attached hydrogens (tertiary/aromatic N) is 3. The van der Waals surface area contributed by atoms with Gasteiger partial charge in [0.15, 0.2) is 0 Å². The van der Waals surface area contributed by atoms with Gasteiger partial charge in [-0.1, -0.05) is 24.9 Å². The molecule has 0 radical (unpaired) electrons. The van der Waals surface area contributed by atoms with Crippen LogP contribution >= 0.6 is 11.6 Å². The van der Waals surface area contributed by atoms with E-state index < -0.39 is 0 Å². The van der Waals surface area contributed by atoms with Crippen molar-refractivity contribution in [3.63, 3.8) is 0 Å². The highest BCUT2D eigenvalue weighted by atomic mass is 35.5. The zero-order valence-corrected chi connectivity index (χ0v) is 21.1. The summed E-state index contributed by atoms with van der Waals surface area (Å²) in [5, 5.41) is 10.5. The number of nitrogens with one attached hydrogen (secondary N) is 3. The summed E-state index contributed by atoms with van der Waals surface area (Å²) in [6, 6.07) is 8.59. The number of pyridine rings is 1. The maximum Gasteiger partial charge on any atom is 0.223 e. The van der Waals surface area contributed by atoms with Crippen LogP contribution in [0.25, 0.3) is 0 Å². The van der Waals surface area contributed by atoms with E-state index in [-0.39, 0.29) is 11.8 Å². The van der Waals surface area contributed by atoms with Crippen LogP contribution in [-0.2, 0) is 11.2 Å². The molecular weight excluding hydrogens is 448 g/mol. The minimum Gasteiger partial charge on any atom is -0.384 e. The lowest BCUT2D eigenvalue weighted by Gasteiger charge is -2.34. The molecule has 2 heterocycles. The predicted octanol–water partition coefficient (Wildman–Crippen LogP) is 4.51. The van der Waals surface area contributed by atoms with E-state index in [9.17, 15) is 4.79 Å². The molecule has 2 aromatic rings. The molecule has 2 fully saturated rings. The van der Waals surface area contributed by atoms with E-state index in [1.165, 1.54) is 17.7 Å².